The summed E-state index contributed by atoms with van der Waals surface area (Å²) in [6.45, 7) is 0. The molecule has 1 rings (SSSR count). The molecule has 4 nitrogen and oxygen atoms in total. The molecule has 0 radical (unpaired) electrons. The molecule has 0 N–H and O–H groups in total. The number of allylic oxidation sites excluding steroid dienone is 4. The van der Waals surface area contributed by atoms with E-state index in [-0.39, 0.29) is 4.92 Å². The van der Waals surface area contributed by atoms with Gasteiger partial charge in [0.15, 0.2) is 0 Å². The largest absolute Gasteiger partial charge is 0.264 e. The van der Waals surface area contributed by atoms with Gasteiger partial charge in [-0.2, -0.15) is 5.26 Å². The molecule has 72 valence electrons. The molecular formula is C10H10N2O2. The summed E-state index contributed by atoms with van der Waals surface area (Å²) >= 11 is 0. The molecule has 0 aromatic carbocycles. The minimum atomic E-state index is -0.745. The first-order chi connectivity index (χ1) is 6.74. The van der Waals surface area contributed by atoms with Crippen LogP contribution in [0.1, 0.15) is 12.8 Å². The van der Waals surface area contributed by atoms with Crippen LogP contribution >= 0.6 is 0 Å². The minimum Gasteiger partial charge on any atom is -0.264 e. The van der Waals surface area contributed by atoms with Crippen LogP contribution in [0.5, 0.6) is 0 Å². The Morgan fingerprint density at radius 3 is 3.00 bits per heavy atom. The zero-order valence-electron chi connectivity index (χ0n) is 7.59. The summed E-state index contributed by atoms with van der Waals surface area (Å²) in [5.41, 5.74) is 0.951. The van der Waals surface area contributed by atoms with Gasteiger partial charge in [-0.25, -0.2) is 0 Å². The van der Waals surface area contributed by atoms with Crippen molar-refractivity contribution in [2.24, 2.45) is 0 Å². The first-order valence-corrected chi connectivity index (χ1v) is 4.30. The van der Waals surface area contributed by atoms with E-state index >= 15 is 0 Å². The first kappa shape index (κ1) is 10.2. The average Bonchev–Trinajstić information content (AvgIpc) is 2.39. The summed E-state index contributed by atoms with van der Waals surface area (Å²) in [5.74, 6) is 0. The van der Waals surface area contributed by atoms with E-state index in [0.29, 0.717) is 12.8 Å². The van der Waals surface area contributed by atoms with Crippen LogP contribution in [0.15, 0.2) is 36.0 Å². The summed E-state index contributed by atoms with van der Waals surface area (Å²) in [7, 11) is 0. The van der Waals surface area contributed by atoms with Gasteiger partial charge in [-0.05, 0) is 24.1 Å². The normalized spacial score (nSPS) is 19.6. The third kappa shape index (κ3) is 2.87. The monoisotopic (exact) mass is 190 g/mol. The SMILES string of the molecule is N#CCCC1=CC=CC([N+](=O)[O-])C=C1. The fraction of sp³-hybridized carbons (Fsp3) is 0.300. The van der Waals surface area contributed by atoms with Gasteiger partial charge in [-0.3, -0.25) is 10.1 Å². The van der Waals surface area contributed by atoms with Crippen molar-refractivity contribution in [3.8, 4) is 6.07 Å². The van der Waals surface area contributed by atoms with E-state index in [1.54, 1.807) is 18.2 Å². The van der Waals surface area contributed by atoms with Gasteiger partial charge in [0.25, 0.3) is 0 Å². The molecule has 1 unspecified atom stereocenters. The Bertz CT molecular complexity index is 348. The molecule has 0 bridgehead atoms. The van der Waals surface area contributed by atoms with Crippen molar-refractivity contribution in [3.63, 3.8) is 0 Å². The van der Waals surface area contributed by atoms with Crippen molar-refractivity contribution in [1.82, 2.24) is 0 Å². The van der Waals surface area contributed by atoms with Crippen LogP contribution in [0.25, 0.3) is 0 Å². The van der Waals surface area contributed by atoms with E-state index in [2.05, 4.69) is 0 Å². The van der Waals surface area contributed by atoms with Gasteiger partial charge < -0.3 is 0 Å². The van der Waals surface area contributed by atoms with Crippen molar-refractivity contribution in [1.29, 1.82) is 5.26 Å². The lowest BCUT2D eigenvalue weighted by Crippen LogP contribution is -2.12. The smallest absolute Gasteiger partial charge is 0.250 e. The maximum Gasteiger partial charge on any atom is 0.250 e. The molecule has 0 aromatic heterocycles. The summed E-state index contributed by atoms with van der Waals surface area (Å²) in [6.07, 6.45) is 9.32. The lowest BCUT2D eigenvalue weighted by atomic mass is 10.1. The fourth-order valence-corrected chi connectivity index (χ4v) is 1.14. The zero-order valence-corrected chi connectivity index (χ0v) is 7.59. The number of nitriles is 1. The quantitative estimate of drug-likeness (QED) is 0.504. The van der Waals surface area contributed by atoms with Gasteiger partial charge in [-0.1, -0.05) is 18.2 Å². The van der Waals surface area contributed by atoms with E-state index in [1.807, 2.05) is 6.07 Å². The second-order valence-electron chi connectivity index (χ2n) is 2.92. The minimum absolute atomic E-state index is 0.353. The zero-order chi connectivity index (χ0) is 10.4. The molecule has 1 aliphatic rings. The molecule has 0 saturated carbocycles. The predicted octanol–water partition coefficient (Wildman–Crippen LogP) is 1.99. The maximum absolute atomic E-state index is 10.5. The molecule has 0 spiro atoms. The average molecular weight is 190 g/mol. The molecule has 0 heterocycles. The van der Waals surface area contributed by atoms with Crippen molar-refractivity contribution in [2.75, 3.05) is 0 Å². The molecule has 1 atom stereocenters. The van der Waals surface area contributed by atoms with Gasteiger partial charge in [0.1, 0.15) is 0 Å². The Hall–Kier alpha value is -1.89. The molecule has 0 amide bonds. The molecule has 0 saturated heterocycles. The van der Waals surface area contributed by atoms with E-state index < -0.39 is 6.04 Å². The van der Waals surface area contributed by atoms with Crippen LogP contribution in [0, 0.1) is 21.4 Å². The topological polar surface area (TPSA) is 66.9 Å². The second-order valence-corrected chi connectivity index (χ2v) is 2.92. The van der Waals surface area contributed by atoms with Gasteiger partial charge in [0, 0.05) is 11.3 Å². The Labute approximate surface area is 82.0 Å². The number of nitrogens with zero attached hydrogens (tertiary/aromatic N) is 2. The van der Waals surface area contributed by atoms with E-state index in [0.717, 1.165) is 5.57 Å². The maximum atomic E-state index is 10.5. The molecule has 14 heavy (non-hydrogen) atoms. The van der Waals surface area contributed by atoms with Gasteiger partial charge in [0.2, 0.25) is 6.04 Å². The Morgan fingerprint density at radius 1 is 1.57 bits per heavy atom. The molecule has 4 heteroatoms. The lowest BCUT2D eigenvalue weighted by Gasteiger charge is -1.96. The summed E-state index contributed by atoms with van der Waals surface area (Å²) in [4.78, 5) is 10.1. The van der Waals surface area contributed by atoms with Crippen LogP contribution in [0.2, 0.25) is 0 Å². The van der Waals surface area contributed by atoms with Crippen LogP contribution in [0.4, 0.5) is 0 Å². The van der Waals surface area contributed by atoms with E-state index in [1.165, 1.54) is 12.2 Å². The third-order valence-corrected chi connectivity index (χ3v) is 1.89. The highest BCUT2D eigenvalue weighted by molar-refractivity contribution is 5.29. The summed E-state index contributed by atoms with van der Waals surface area (Å²) < 4.78 is 0. The van der Waals surface area contributed by atoms with Crippen molar-refractivity contribution >= 4 is 0 Å². The highest BCUT2D eigenvalue weighted by Gasteiger charge is 2.12. The van der Waals surface area contributed by atoms with Crippen LogP contribution in [-0.2, 0) is 0 Å². The fourth-order valence-electron chi connectivity index (χ4n) is 1.14. The summed E-state index contributed by atoms with van der Waals surface area (Å²) in [5, 5.41) is 18.8. The van der Waals surface area contributed by atoms with Crippen LogP contribution in [0.3, 0.4) is 0 Å². The highest BCUT2D eigenvalue weighted by Crippen LogP contribution is 2.11. The van der Waals surface area contributed by atoms with Crippen LogP contribution in [-0.4, -0.2) is 11.0 Å². The predicted molar refractivity (Wildman–Crippen MR) is 52.0 cm³/mol. The molecule has 0 fully saturated rings. The highest BCUT2D eigenvalue weighted by atomic mass is 16.6. The van der Waals surface area contributed by atoms with Crippen LogP contribution < -0.4 is 0 Å². The molecule has 1 aliphatic carbocycles. The molecule has 0 aromatic rings. The second kappa shape index (κ2) is 4.97. The van der Waals surface area contributed by atoms with Crippen molar-refractivity contribution in [2.45, 2.75) is 18.9 Å². The Morgan fingerprint density at radius 2 is 2.36 bits per heavy atom. The Balaban J connectivity index is 2.64. The van der Waals surface area contributed by atoms with Crippen molar-refractivity contribution in [3.05, 3.63) is 46.1 Å². The lowest BCUT2D eigenvalue weighted by molar-refractivity contribution is -0.496. The van der Waals surface area contributed by atoms with Gasteiger partial charge in [-0.15, -0.1) is 0 Å². The summed E-state index contributed by atoms with van der Waals surface area (Å²) in [6, 6.07) is 1.29. The van der Waals surface area contributed by atoms with Gasteiger partial charge >= 0.3 is 0 Å². The number of hydrogen-bond donors (Lipinski definition) is 0. The molecular weight excluding hydrogens is 180 g/mol. The van der Waals surface area contributed by atoms with E-state index in [9.17, 15) is 10.1 Å². The number of hydrogen-bond acceptors (Lipinski definition) is 3. The van der Waals surface area contributed by atoms with Gasteiger partial charge in [0.05, 0.1) is 6.07 Å². The number of nitro groups is 1. The van der Waals surface area contributed by atoms with Crippen molar-refractivity contribution < 1.29 is 4.92 Å². The standard InChI is InChI=1S/C10H10N2O2/c11-8-2-4-9-3-1-5-10(7-6-9)12(13)14/h1,3,5-7,10H,2,4H2. The van der Waals surface area contributed by atoms with E-state index in [4.69, 9.17) is 5.26 Å². The Kier molecular flexibility index (Phi) is 3.62. The molecule has 0 aliphatic heterocycles. The third-order valence-electron chi connectivity index (χ3n) is 1.89. The first-order valence-electron chi connectivity index (χ1n) is 4.30. The number of rotatable bonds is 3.